The number of fused-ring (bicyclic) bond motifs is 8. The summed E-state index contributed by atoms with van der Waals surface area (Å²) in [6, 6.07) is 15.4. The van der Waals surface area contributed by atoms with Crippen LogP contribution in [0.4, 0.5) is 0 Å². The van der Waals surface area contributed by atoms with Crippen molar-refractivity contribution in [2.45, 2.75) is 118 Å². The second-order valence-corrected chi connectivity index (χ2v) is 18.1. The molecule has 1 heterocycles. The quantitative estimate of drug-likeness (QED) is 0.126. The fourth-order valence-corrected chi connectivity index (χ4v) is 11.3. The molecular weight excluding hydrogens is 701 g/mol. The van der Waals surface area contributed by atoms with Gasteiger partial charge >= 0.3 is 0 Å². The van der Waals surface area contributed by atoms with Gasteiger partial charge in [-0.15, -0.1) is 0 Å². The molecular formula is C57H58O. The van der Waals surface area contributed by atoms with E-state index in [1.807, 2.05) is 0 Å². The van der Waals surface area contributed by atoms with Gasteiger partial charge in [0.2, 0.25) is 0 Å². The topological polar surface area (TPSA) is 13.1 Å². The van der Waals surface area contributed by atoms with Gasteiger partial charge in [0.25, 0.3) is 0 Å². The fourth-order valence-electron chi connectivity index (χ4n) is 11.3. The molecule has 0 amide bonds. The van der Waals surface area contributed by atoms with E-state index in [4.69, 9.17) is 4.42 Å². The van der Waals surface area contributed by atoms with Crippen LogP contribution in [0.15, 0.2) is 46.9 Å². The summed E-state index contributed by atoms with van der Waals surface area (Å²) < 4.78 is 6.39. The monoisotopic (exact) mass is 758 g/mol. The zero-order valence-corrected chi connectivity index (χ0v) is 37.9. The zero-order valence-electron chi connectivity index (χ0n) is 37.9. The Morgan fingerprint density at radius 1 is 0.259 bits per heavy atom. The molecule has 1 aromatic heterocycles. The normalized spacial score (nSPS) is 12.2. The van der Waals surface area contributed by atoms with Crippen LogP contribution in [0, 0.1) is 118 Å². The van der Waals surface area contributed by atoms with Gasteiger partial charge in [-0.3, -0.25) is 0 Å². The third kappa shape index (κ3) is 4.71. The molecule has 0 fully saturated rings. The summed E-state index contributed by atoms with van der Waals surface area (Å²) in [5.41, 5.74) is 30.9. The highest BCUT2D eigenvalue weighted by Gasteiger charge is 2.30. The number of hydrogen-bond acceptors (Lipinski definition) is 1. The SMILES string of the molecule is Cc1c(C)c(C)c2c(-c3c(C)c(C)c4c(c3C)c(C)c(C)c3c(C)c(C)c(C)c(C)c34)c3c(C)c(C)c(C)c(C)c3c(-c3ccc4oc5ccccc5c4c3)c2c1C. The van der Waals surface area contributed by atoms with Crippen LogP contribution in [0.2, 0.25) is 0 Å². The van der Waals surface area contributed by atoms with Crippen LogP contribution in [0.25, 0.3) is 87.3 Å². The van der Waals surface area contributed by atoms with Gasteiger partial charge in [0.15, 0.2) is 0 Å². The molecule has 1 heteroatoms. The van der Waals surface area contributed by atoms with Crippen molar-refractivity contribution >= 4 is 65.0 Å². The molecule has 9 aromatic rings. The van der Waals surface area contributed by atoms with E-state index in [1.54, 1.807) is 0 Å². The summed E-state index contributed by atoms with van der Waals surface area (Å²) in [5.74, 6) is 0. The van der Waals surface area contributed by atoms with Gasteiger partial charge in [0.05, 0.1) is 0 Å². The summed E-state index contributed by atoms with van der Waals surface area (Å²) in [6.07, 6.45) is 0. The fraction of sp³-hybridized carbons (Fsp3) is 0.298. The van der Waals surface area contributed by atoms with Crippen LogP contribution < -0.4 is 0 Å². The lowest BCUT2D eigenvalue weighted by Crippen LogP contribution is -2.06. The van der Waals surface area contributed by atoms with Crippen molar-refractivity contribution in [3.05, 3.63) is 137 Å². The van der Waals surface area contributed by atoms with Gasteiger partial charge in [-0.2, -0.15) is 0 Å². The summed E-state index contributed by atoms with van der Waals surface area (Å²) in [4.78, 5) is 0. The maximum Gasteiger partial charge on any atom is 0.135 e. The van der Waals surface area contributed by atoms with Gasteiger partial charge < -0.3 is 4.42 Å². The van der Waals surface area contributed by atoms with Crippen LogP contribution in [-0.2, 0) is 0 Å². The summed E-state index contributed by atoms with van der Waals surface area (Å²) in [7, 11) is 0. The Hall–Kier alpha value is -5.40. The molecule has 292 valence electrons. The first-order valence-electron chi connectivity index (χ1n) is 21.2. The van der Waals surface area contributed by atoms with E-state index in [1.165, 1.54) is 165 Å². The predicted octanol–water partition coefficient (Wildman–Crippen LogP) is 16.8. The Bertz CT molecular complexity index is 3290. The van der Waals surface area contributed by atoms with Crippen molar-refractivity contribution in [1.29, 1.82) is 0 Å². The summed E-state index contributed by atoms with van der Waals surface area (Å²) >= 11 is 0. The molecule has 0 saturated heterocycles. The molecule has 8 aromatic carbocycles. The second-order valence-electron chi connectivity index (χ2n) is 18.1. The smallest absolute Gasteiger partial charge is 0.135 e. The summed E-state index contributed by atoms with van der Waals surface area (Å²) in [5, 5.41) is 13.6. The lowest BCUT2D eigenvalue weighted by Gasteiger charge is -2.30. The number of rotatable bonds is 2. The average Bonchev–Trinajstić information content (AvgIpc) is 3.59. The highest BCUT2D eigenvalue weighted by molar-refractivity contribution is 6.28. The molecule has 0 atom stereocenters. The van der Waals surface area contributed by atoms with Crippen LogP contribution in [0.1, 0.15) is 94.6 Å². The minimum Gasteiger partial charge on any atom is -0.456 e. The molecule has 0 aliphatic rings. The zero-order chi connectivity index (χ0) is 41.7. The molecule has 0 saturated carbocycles. The van der Waals surface area contributed by atoms with Crippen molar-refractivity contribution in [1.82, 2.24) is 0 Å². The Morgan fingerprint density at radius 2 is 0.621 bits per heavy atom. The first-order valence-corrected chi connectivity index (χ1v) is 21.2. The molecule has 0 N–H and O–H groups in total. The maximum atomic E-state index is 6.39. The first-order chi connectivity index (χ1) is 27.4. The van der Waals surface area contributed by atoms with Gasteiger partial charge in [-0.05, 0) is 296 Å². The lowest BCUT2D eigenvalue weighted by molar-refractivity contribution is 0.669. The molecule has 0 bridgehead atoms. The van der Waals surface area contributed by atoms with E-state index >= 15 is 0 Å². The van der Waals surface area contributed by atoms with E-state index in [0.29, 0.717) is 0 Å². The number of hydrogen-bond donors (Lipinski definition) is 0. The molecule has 0 spiro atoms. The molecule has 0 radical (unpaired) electrons. The van der Waals surface area contributed by atoms with Crippen molar-refractivity contribution in [3.63, 3.8) is 0 Å². The van der Waals surface area contributed by atoms with Crippen LogP contribution >= 0.6 is 0 Å². The number of benzene rings is 8. The number of para-hydroxylation sites is 1. The highest BCUT2D eigenvalue weighted by Crippen LogP contribution is 2.54. The van der Waals surface area contributed by atoms with Gasteiger partial charge in [0, 0.05) is 10.8 Å². The highest BCUT2D eigenvalue weighted by atomic mass is 16.3. The van der Waals surface area contributed by atoms with Crippen LogP contribution in [-0.4, -0.2) is 0 Å². The van der Waals surface area contributed by atoms with Crippen molar-refractivity contribution < 1.29 is 4.42 Å². The van der Waals surface area contributed by atoms with Gasteiger partial charge in [0.1, 0.15) is 11.2 Å². The van der Waals surface area contributed by atoms with Crippen LogP contribution in [0.5, 0.6) is 0 Å². The van der Waals surface area contributed by atoms with Crippen molar-refractivity contribution in [3.8, 4) is 22.3 Å². The molecule has 0 unspecified atom stereocenters. The van der Waals surface area contributed by atoms with Gasteiger partial charge in [-0.1, -0.05) is 24.3 Å². The van der Waals surface area contributed by atoms with Gasteiger partial charge in [-0.25, -0.2) is 0 Å². The Labute approximate surface area is 345 Å². The van der Waals surface area contributed by atoms with Crippen molar-refractivity contribution in [2.24, 2.45) is 0 Å². The maximum absolute atomic E-state index is 6.39. The number of furan rings is 1. The Kier molecular flexibility index (Phi) is 8.42. The molecule has 1 nitrogen and oxygen atoms in total. The summed E-state index contributed by atoms with van der Waals surface area (Å²) in [6.45, 7) is 40.2. The third-order valence-electron chi connectivity index (χ3n) is 15.9. The largest absolute Gasteiger partial charge is 0.456 e. The van der Waals surface area contributed by atoms with E-state index < -0.39 is 0 Å². The molecule has 9 rings (SSSR count). The molecule has 0 aliphatic carbocycles. The lowest BCUT2D eigenvalue weighted by atomic mass is 9.73. The van der Waals surface area contributed by atoms with E-state index in [9.17, 15) is 0 Å². The number of aryl methyl sites for hydroxylation is 10. The van der Waals surface area contributed by atoms with Crippen LogP contribution in [0.3, 0.4) is 0 Å². The minimum atomic E-state index is 0.932. The van der Waals surface area contributed by atoms with E-state index in [-0.39, 0.29) is 0 Å². The molecule has 58 heavy (non-hydrogen) atoms. The van der Waals surface area contributed by atoms with E-state index in [2.05, 4.69) is 160 Å². The standard InChI is InChI=1S/C57H58O/c1-25-26(2)32(8)50-47(31(25)7)37(13)38(14)48-41(17)49(39(15)40(16)51(48)50)57-54-35(11)29(5)27(3)33(9)52(54)56(53-34(10)28(4)30(6)36(12)55(53)57)42-22-23-46-44(24-42)43-20-18-19-21-45(43)58-46/h18-24H,1-17H3. The molecule has 0 aliphatic heterocycles. The average molecular weight is 759 g/mol. The Morgan fingerprint density at radius 3 is 1.12 bits per heavy atom. The third-order valence-corrected chi connectivity index (χ3v) is 15.9. The Balaban J connectivity index is 1.58. The second kappa shape index (κ2) is 12.8. The van der Waals surface area contributed by atoms with E-state index in [0.717, 1.165) is 16.6 Å². The minimum absolute atomic E-state index is 0.932. The predicted molar refractivity (Wildman–Crippen MR) is 255 cm³/mol. The first kappa shape index (κ1) is 38.1. The van der Waals surface area contributed by atoms with Crippen molar-refractivity contribution in [2.75, 3.05) is 0 Å².